The molecular weight excluding hydrogens is 324 g/mol. The highest BCUT2D eigenvalue weighted by molar-refractivity contribution is 8.00. The zero-order valence-corrected chi connectivity index (χ0v) is 14.5. The first-order valence-electron chi connectivity index (χ1n) is 7.45. The summed E-state index contributed by atoms with van der Waals surface area (Å²) in [5.41, 5.74) is 1.71. The molecule has 0 aliphatic carbocycles. The standard InChI is InChI=1S/C18H20N2O3S/c1-20(2)15-10-8-14(9-11-15)19-17(21)12-23-18(22)13-24-16-6-4-3-5-7-16/h3-11H,12-13H2,1-2H3,(H,19,21). The van der Waals surface area contributed by atoms with E-state index >= 15 is 0 Å². The maximum absolute atomic E-state index is 11.8. The number of carbonyl (C=O) groups is 2. The number of anilines is 2. The van der Waals surface area contributed by atoms with Crippen LogP contribution in [-0.4, -0.2) is 38.3 Å². The molecule has 6 heteroatoms. The van der Waals surface area contributed by atoms with E-state index in [9.17, 15) is 9.59 Å². The third-order valence-corrected chi connectivity index (χ3v) is 4.12. The second kappa shape index (κ2) is 8.98. The minimum Gasteiger partial charge on any atom is -0.455 e. The normalized spacial score (nSPS) is 10.1. The molecule has 2 aromatic rings. The lowest BCUT2D eigenvalue weighted by molar-refractivity contribution is -0.144. The van der Waals surface area contributed by atoms with E-state index in [-0.39, 0.29) is 18.3 Å². The fourth-order valence-corrected chi connectivity index (χ4v) is 2.60. The number of carbonyl (C=O) groups excluding carboxylic acids is 2. The maximum Gasteiger partial charge on any atom is 0.316 e. The maximum atomic E-state index is 11.8. The fraction of sp³-hybridized carbons (Fsp3) is 0.222. The Morgan fingerprint density at radius 2 is 1.71 bits per heavy atom. The van der Waals surface area contributed by atoms with Crippen LogP contribution in [0.15, 0.2) is 59.5 Å². The van der Waals surface area contributed by atoms with Crippen LogP contribution in [0.3, 0.4) is 0 Å². The number of nitrogens with one attached hydrogen (secondary N) is 1. The predicted molar refractivity (Wildman–Crippen MR) is 97.5 cm³/mol. The molecule has 0 heterocycles. The van der Waals surface area contributed by atoms with E-state index < -0.39 is 5.97 Å². The SMILES string of the molecule is CN(C)c1ccc(NC(=O)COC(=O)CSc2ccccc2)cc1. The Kier molecular flexibility index (Phi) is 6.69. The summed E-state index contributed by atoms with van der Waals surface area (Å²) >= 11 is 1.38. The summed E-state index contributed by atoms with van der Waals surface area (Å²) in [6.07, 6.45) is 0. The second-order valence-electron chi connectivity index (χ2n) is 5.25. The van der Waals surface area contributed by atoms with E-state index in [4.69, 9.17) is 4.74 Å². The van der Waals surface area contributed by atoms with E-state index in [1.807, 2.05) is 61.5 Å². The number of ether oxygens (including phenoxy) is 1. The van der Waals surface area contributed by atoms with Crippen molar-refractivity contribution in [3.05, 3.63) is 54.6 Å². The van der Waals surface area contributed by atoms with Crippen LogP contribution >= 0.6 is 11.8 Å². The Bertz CT molecular complexity index is 672. The zero-order valence-electron chi connectivity index (χ0n) is 13.7. The van der Waals surface area contributed by atoms with Crippen LogP contribution < -0.4 is 10.2 Å². The Morgan fingerprint density at radius 3 is 2.33 bits per heavy atom. The topological polar surface area (TPSA) is 58.6 Å². The lowest BCUT2D eigenvalue weighted by Crippen LogP contribution is -2.21. The molecule has 24 heavy (non-hydrogen) atoms. The number of amides is 1. The Hall–Kier alpha value is -2.47. The molecule has 1 N–H and O–H groups in total. The van der Waals surface area contributed by atoms with E-state index in [2.05, 4.69) is 5.32 Å². The molecule has 0 aliphatic heterocycles. The van der Waals surface area contributed by atoms with Crippen molar-refractivity contribution in [3.8, 4) is 0 Å². The molecule has 0 aromatic heterocycles. The van der Waals surface area contributed by atoms with Gasteiger partial charge in [-0.2, -0.15) is 0 Å². The first kappa shape index (κ1) is 17.9. The van der Waals surface area contributed by atoms with Crippen molar-refractivity contribution in [2.75, 3.05) is 36.7 Å². The Balaban J connectivity index is 1.71. The van der Waals surface area contributed by atoms with E-state index in [1.165, 1.54) is 11.8 Å². The number of thioether (sulfide) groups is 1. The minimum absolute atomic E-state index is 0.175. The van der Waals surface area contributed by atoms with Crippen LogP contribution in [0, 0.1) is 0 Å². The van der Waals surface area contributed by atoms with Crippen molar-refractivity contribution in [1.29, 1.82) is 0 Å². The van der Waals surface area contributed by atoms with Crippen LogP contribution in [0.25, 0.3) is 0 Å². The molecule has 1 amide bonds. The molecule has 0 bridgehead atoms. The summed E-state index contributed by atoms with van der Waals surface area (Å²) in [6, 6.07) is 17.0. The monoisotopic (exact) mass is 344 g/mol. The van der Waals surface area contributed by atoms with Crippen molar-refractivity contribution in [3.63, 3.8) is 0 Å². The predicted octanol–water partition coefficient (Wildman–Crippen LogP) is 3.03. The summed E-state index contributed by atoms with van der Waals surface area (Å²) in [6.45, 7) is -0.288. The van der Waals surface area contributed by atoms with Gasteiger partial charge in [0, 0.05) is 30.4 Å². The van der Waals surface area contributed by atoms with Gasteiger partial charge in [-0.3, -0.25) is 9.59 Å². The van der Waals surface area contributed by atoms with Gasteiger partial charge in [0.05, 0.1) is 5.75 Å². The molecule has 0 fully saturated rings. The summed E-state index contributed by atoms with van der Waals surface area (Å²) in [7, 11) is 3.89. The molecule has 0 saturated carbocycles. The van der Waals surface area contributed by atoms with Gasteiger partial charge in [0.15, 0.2) is 6.61 Å². The average Bonchev–Trinajstić information content (AvgIpc) is 2.59. The van der Waals surface area contributed by atoms with Crippen molar-refractivity contribution in [1.82, 2.24) is 0 Å². The minimum atomic E-state index is -0.415. The smallest absolute Gasteiger partial charge is 0.316 e. The Morgan fingerprint density at radius 1 is 1.04 bits per heavy atom. The molecular formula is C18H20N2O3S. The Labute approximate surface area is 146 Å². The molecule has 2 aromatic carbocycles. The van der Waals surface area contributed by atoms with Gasteiger partial charge in [0.2, 0.25) is 0 Å². The van der Waals surface area contributed by atoms with Gasteiger partial charge in [-0.05, 0) is 36.4 Å². The molecule has 0 saturated heterocycles. The number of benzene rings is 2. The third-order valence-electron chi connectivity index (χ3n) is 3.13. The summed E-state index contributed by atoms with van der Waals surface area (Å²) in [5.74, 6) is -0.595. The number of nitrogens with zero attached hydrogens (tertiary/aromatic N) is 1. The largest absolute Gasteiger partial charge is 0.455 e. The highest BCUT2D eigenvalue weighted by atomic mass is 32.2. The second-order valence-corrected chi connectivity index (χ2v) is 6.30. The van der Waals surface area contributed by atoms with Gasteiger partial charge >= 0.3 is 5.97 Å². The molecule has 0 spiro atoms. The lowest BCUT2D eigenvalue weighted by atomic mass is 10.2. The quantitative estimate of drug-likeness (QED) is 0.618. The third kappa shape index (κ3) is 5.96. The van der Waals surface area contributed by atoms with Gasteiger partial charge in [-0.1, -0.05) is 18.2 Å². The van der Waals surface area contributed by atoms with E-state index in [0.29, 0.717) is 5.69 Å². The van der Waals surface area contributed by atoms with Crippen molar-refractivity contribution < 1.29 is 14.3 Å². The van der Waals surface area contributed by atoms with E-state index in [1.54, 1.807) is 12.1 Å². The number of esters is 1. The highest BCUT2D eigenvalue weighted by Crippen LogP contribution is 2.17. The van der Waals surface area contributed by atoms with Crippen LogP contribution in [-0.2, 0) is 14.3 Å². The van der Waals surface area contributed by atoms with Gasteiger partial charge in [0.1, 0.15) is 0 Å². The van der Waals surface area contributed by atoms with Crippen molar-refractivity contribution in [2.24, 2.45) is 0 Å². The van der Waals surface area contributed by atoms with Gasteiger partial charge < -0.3 is 15.0 Å². The summed E-state index contributed by atoms with van der Waals surface area (Å²) in [5, 5.41) is 2.70. The number of hydrogen-bond donors (Lipinski definition) is 1. The van der Waals surface area contributed by atoms with Crippen molar-refractivity contribution >= 4 is 35.0 Å². The first-order valence-corrected chi connectivity index (χ1v) is 8.44. The number of hydrogen-bond acceptors (Lipinski definition) is 5. The highest BCUT2D eigenvalue weighted by Gasteiger charge is 2.08. The molecule has 0 unspecified atom stereocenters. The van der Waals surface area contributed by atoms with Gasteiger partial charge in [-0.15, -0.1) is 11.8 Å². The number of rotatable bonds is 7. The van der Waals surface area contributed by atoms with Gasteiger partial charge in [-0.25, -0.2) is 0 Å². The van der Waals surface area contributed by atoms with Crippen LogP contribution in [0.4, 0.5) is 11.4 Å². The summed E-state index contributed by atoms with van der Waals surface area (Å²) in [4.78, 5) is 26.4. The van der Waals surface area contributed by atoms with Crippen LogP contribution in [0.1, 0.15) is 0 Å². The fourth-order valence-electron chi connectivity index (χ4n) is 1.89. The van der Waals surface area contributed by atoms with Crippen molar-refractivity contribution in [2.45, 2.75) is 4.90 Å². The summed E-state index contributed by atoms with van der Waals surface area (Å²) < 4.78 is 4.98. The van der Waals surface area contributed by atoms with Gasteiger partial charge in [0.25, 0.3) is 5.91 Å². The molecule has 2 rings (SSSR count). The molecule has 5 nitrogen and oxygen atoms in total. The van der Waals surface area contributed by atoms with E-state index in [0.717, 1.165) is 10.6 Å². The molecule has 0 aliphatic rings. The average molecular weight is 344 g/mol. The zero-order chi connectivity index (χ0) is 17.4. The molecule has 0 atom stereocenters. The van der Waals surface area contributed by atoms with Crippen LogP contribution in [0.5, 0.6) is 0 Å². The lowest BCUT2D eigenvalue weighted by Gasteiger charge is -2.13. The molecule has 0 radical (unpaired) electrons. The first-order chi connectivity index (χ1) is 11.5. The molecule has 126 valence electrons. The van der Waals surface area contributed by atoms with Crippen LogP contribution in [0.2, 0.25) is 0 Å².